The average Bonchev–Trinajstić information content (AvgIpc) is 2.71. The van der Waals surface area contributed by atoms with Crippen LogP contribution in [0.3, 0.4) is 0 Å². The lowest BCUT2D eigenvalue weighted by molar-refractivity contribution is -0.117. The molecule has 0 aliphatic carbocycles. The molecule has 0 bridgehead atoms. The van der Waals surface area contributed by atoms with Crippen LogP contribution in [0, 0.1) is 0 Å². The van der Waals surface area contributed by atoms with Gasteiger partial charge >= 0.3 is 6.09 Å². The minimum absolute atomic E-state index is 0.129. The zero-order chi connectivity index (χ0) is 16.9. The van der Waals surface area contributed by atoms with E-state index in [0.717, 1.165) is 11.1 Å². The SMILES string of the molecule is CC1=N[C@@H](NC(=O)OCc2ccccc2)C(=O)Nc2ccccc21. The van der Waals surface area contributed by atoms with Crippen LogP contribution in [-0.2, 0) is 16.1 Å². The van der Waals surface area contributed by atoms with Crippen molar-refractivity contribution in [3.8, 4) is 0 Å². The molecular formula is C18H17N3O3. The molecule has 6 nitrogen and oxygen atoms in total. The predicted octanol–water partition coefficient (Wildman–Crippen LogP) is 2.70. The van der Waals surface area contributed by atoms with Crippen molar-refractivity contribution >= 4 is 23.4 Å². The van der Waals surface area contributed by atoms with Crippen LogP contribution in [0.25, 0.3) is 0 Å². The lowest BCUT2D eigenvalue weighted by Crippen LogP contribution is -2.42. The van der Waals surface area contributed by atoms with Crippen molar-refractivity contribution in [1.82, 2.24) is 5.32 Å². The third-order valence-corrected chi connectivity index (χ3v) is 3.61. The topological polar surface area (TPSA) is 79.8 Å². The van der Waals surface area contributed by atoms with Crippen molar-refractivity contribution in [3.63, 3.8) is 0 Å². The second-order valence-electron chi connectivity index (χ2n) is 5.36. The number of rotatable bonds is 3. The molecule has 2 amide bonds. The first-order valence-electron chi connectivity index (χ1n) is 7.55. The van der Waals surface area contributed by atoms with Crippen molar-refractivity contribution in [1.29, 1.82) is 0 Å². The first-order valence-corrected chi connectivity index (χ1v) is 7.55. The largest absolute Gasteiger partial charge is 0.445 e. The smallest absolute Gasteiger partial charge is 0.409 e. The summed E-state index contributed by atoms with van der Waals surface area (Å²) in [5, 5.41) is 5.24. The number of aliphatic imine (C=N–C) groups is 1. The van der Waals surface area contributed by atoms with Gasteiger partial charge in [0.15, 0.2) is 0 Å². The highest BCUT2D eigenvalue weighted by molar-refractivity contribution is 6.11. The molecule has 24 heavy (non-hydrogen) atoms. The van der Waals surface area contributed by atoms with E-state index in [1.165, 1.54) is 0 Å². The summed E-state index contributed by atoms with van der Waals surface area (Å²) in [6.07, 6.45) is -1.72. The van der Waals surface area contributed by atoms with Gasteiger partial charge in [0.05, 0.1) is 0 Å². The lowest BCUT2D eigenvalue weighted by Gasteiger charge is -2.13. The third-order valence-electron chi connectivity index (χ3n) is 3.61. The van der Waals surface area contributed by atoms with E-state index in [2.05, 4.69) is 15.6 Å². The fourth-order valence-corrected chi connectivity index (χ4v) is 2.40. The van der Waals surface area contributed by atoms with Crippen LogP contribution in [0.15, 0.2) is 59.6 Å². The fraction of sp³-hybridized carbons (Fsp3) is 0.167. The molecule has 1 atom stereocenters. The number of benzodiazepines with no additional fused rings is 1. The van der Waals surface area contributed by atoms with Crippen molar-refractivity contribution in [2.45, 2.75) is 19.7 Å². The highest BCUT2D eigenvalue weighted by atomic mass is 16.5. The molecule has 0 spiro atoms. The molecular weight excluding hydrogens is 306 g/mol. The van der Waals surface area contributed by atoms with Gasteiger partial charge in [-0.15, -0.1) is 0 Å². The molecule has 0 aromatic heterocycles. The van der Waals surface area contributed by atoms with Gasteiger partial charge in [-0.25, -0.2) is 4.79 Å². The average molecular weight is 323 g/mol. The Bertz CT molecular complexity index is 787. The number of benzene rings is 2. The number of hydrogen-bond acceptors (Lipinski definition) is 4. The van der Waals surface area contributed by atoms with Crippen LogP contribution < -0.4 is 10.6 Å². The Morgan fingerprint density at radius 3 is 2.67 bits per heavy atom. The van der Waals surface area contributed by atoms with Gasteiger partial charge in [-0.2, -0.15) is 0 Å². The molecule has 6 heteroatoms. The summed E-state index contributed by atoms with van der Waals surface area (Å²) in [6.45, 7) is 1.92. The van der Waals surface area contributed by atoms with Crippen molar-refractivity contribution in [2.24, 2.45) is 4.99 Å². The maximum absolute atomic E-state index is 12.2. The van der Waals surface area contributed by atoms with E-state index in [-0.39, 0.29) is 6.61 Å². The maximum atomic E-state index is 12.2. The molecule has 3 rings (SSSR count). The second-order valence-corrected chi connectivity index (χ2v) is 5.36. The fourth-order valence-electron chi connectivity index (χ4n) is 2.40. The van der Waals surface area contributed by atoms with Crippen molar-refractivity contribution in [3.05, 3.63) is 65.7 Å². The number of carbonyl (C=O) groups is 2. The highest BCUT2D eigenvalue weighted by Gasteiger charge is 2.25. The Balaban J connectivity index is 1.66. The molecule has 0 fully saturated rings. The molecule has 1 aliphatic rings. The molecule has 0 radical (unpaired) electrons. The molecule has 2 aromatic rings. The van der Waals surface area contributed by atoms with Crippen molar-refractivity contribution < 1.29 is 14.3 Å². The van der Waals surface area contributed by atoms with E-state index in [9.17, 15) is 9.59 Å². The number of para-hydroxylation sites is 1. The van der Waals surface area contributed by atoms with Gasteiger partial charge in [-0.05, 0) is 18.6 Å². The first-order chi connectivity index (χ1) is 11.6. The van der Waals surface area contributed by atoms with Gasteiger partial charge in [-0.3, -0.25) is 15.1 Å². The summed E-state index contributed by atoms with van der Waals surface area (Å²) in [6, 6.07) is 16.7. The van der Waals surface area contributed by atoms with Crippen LogP contribution in [0.4, 0.5) is 10.5 Å². The quantitative estimate of drug-likeness (QED) is 0.911. The first kappa shape index (κ1) is 15.7. The minimum Gasteiger partial charge on any atom is -0.445 e. The Labute approximate surface area is 139 Å². The second kappa shape index (κ2) is 6.95. The van der Waals surface area contributed by atoms with E-state index >= 15 is 0 Å². The van der Waals surface area contributed by atoms with Gasteiger partial charge in [0.1, 0.15) is 6.61 Å². The number of nitrogens with zero attached hydrogens (tertiary/aromatic N) is 1. The number of carbonyl (C=O) groups excluding carboxylic acids is 2. The Kier molecular flexibility index (Phi) is 4.56. The van der Waals surface area contributed by atoms with Crippen LogP contribution >= 0.6 is 0 Å². The minimum atomic E-state index is -1.03. The molecule has 0 saturated heterocycles. The monoisotopic (exact) mass is 323 g/mol. The summed E-state index contributed by atoms with van der Waals surface area (Å²) >= 11 is 0. The number of ether oxygens (including phenoxy) is 1. The van der Waals surface area contributed by atoms with Crippen LogP contribution in [0.1, 0.15) is 18.1 Å². The molecule has 2 aromatic carbocycles. The lowest BCUT2D eigenvalue weighted by atomic mass is 10.1. The summed E-state index contributed by atoms with van der Waals surface area (Å²) in [7, 11) is 0. The van der Waals surface area contributed by atoms with Crippen LogP contribution in [0.5, 0.6) is 0 Å². The van der Waals surface area contributed by atoms with Gasteiger partial charge in [-0.1, -0.05) is 48.5 Å². The van der Waals surface area contributed by atoms with Crippen LogP contribution in [-0.4, -0.2) is 23.9 Å². The van der Waals surface area contributed by atoms with Crippen molar-refractivity contribution in [2.75, 3.05) is 5.32 Å². The molecule has 122 valence electrons. The molecule has 0 unspecified atom stereocenters. The number of nitrogens with one attached hydrogen (secondary N) is 2. The molecule has 2 N–H and O–H groups in total. The van der Waals surface area contributed by atoms with E-state index in [4.69, 9.17) is 4.74 Å². The third kappa shape index (κ3) is 3.60. The zero-order valence-electron chi connectivity index (χ0n) is 13.2. The number of anilines is 1. The predicted molar refractivity (Wildman–Crippen MR) is 90.8 cm³/mol. The highest BCUT2D eigenvalue weighted by Crippen LogP contribution is 2.19. The molecule has 0 saturated carbocycles. The van der Waals surface area contributed by atoms with E-state index < -0.39 is 18.2 Å². The van der Waals surface area contributed by atoms with Gasteiger partial charge < -0.3 is 10.1 Å². The van der Waals surface area contributed by atoms with E-state index in [1.807, 2.05) is 48.5 Å². The summed E-state index contributed by atoms with van der Waals surface area (Å²) in [4.78, 5) is 28.5. The Morgan fingerprint density at radius 2 is 1.88 bits per heavy atom. The molecule has 1 aliphatic heterocycles. The standard InChI is InChI=1S/C18H17N3O3/c1-12-14-9-5-6-10-15(14)20-17(22)16(19-12)21-18(23)24-11-13-7-3-2-4-8-13/h2-10,16H,11H2,1H3,(H,20,22)(H,21,23)/t16-/m0/s1. The summed E-state index contributed by atoms with van der Waals surface area (Å²) in [5.74, 6) is -0.407. The Morgan fingerprint density at radius 1 is 1.17 bits per heavy atom. The van der Waals surface area contributed by atoms with E-state index in [0.29, 0.717) is 11.4 Å². The van der Waals surface area contributed by atoms with Crippen LogP contribution in [0.2, 0.25) is 0 Å². The number of alkyl carbamates (subject to hydrolysis) is 1. The summed E-state index contributed by atoms with van der Waals surface area (Å²) < 4.78 is 5.13. The maximum Gasteiger partial charge on any atom is 0.409 e. The van der Waals surface area contributed by atoms with E-state index in [1.54, 1.807) is 13.0 Å². The van der Waals surface area contributed by atoms with Gasteiger partial charge in [0.25, 0.3) is 5.91 Å². The Hall–Kier alpha value is -3.15. The van der Waals surface area contributed by atoms with Gasteiger partial charge in [0, 0.05) is 17.0 Å². The summed E-state index contributed by atoms with van der Waals surface area (Å²) in [5.41, 5.74) is 3.03. The number of fused-ring (bicyclic) bond motifs is 1. The normalized spacial score (nSPS) is 16.3. The number of hydrogen-bond donors (Lipinski definition) is 2. The zero-order valence-corrected chi connectivity index (χ0v) is 13.2. The molecule has 1 heterocycles. The van der Waals surface area contributed by atoms with Gasteiger partial charge in [0.2, 0.25) is 6.17 Å². The number of amides is 2.